The van der Waals surface area contributed by atoms with E-state index in [0.717, 1.165) is 5.69 Å². The maximum Gasteiger partial charge on any atom is 0.171 e. The Labute approximate surface area is 149 Å². The minimum absolute atomic E-state index is 0.117. The smallest absolute Gasteiger partial charge is 0.171 e. The maximum absolute atomic E-state index is 6.13. The van der Waals surface area contributed by atoms with Gasteiger partial charge >= 0.3 is 0 Å². The molecule has 2 nitrogen and oxygen atoms in total. The first-order valence-electron chi connectivity index (χ1n) is 7.70. The zero-order chi connectivity index (χ0) is 17.0. The van der Waals surface area contributed by atoms with Gasteiger partial charge in [-0.3, -0.25) is 0 Å². The van der Waals surface area contributed by atoms with Gasteiger partial charge in [-0.25, -0.2) is 0 Å². The molecule has 0 unspecified atom stereocenters. The van der Waals surface area contributed by atoms with Crippen LogP contribution in [0.1, 0.15) is 44.9 Å². The van der Waals surface area contributed by atoms with Gasteiger partial charge in [-0.2, -0.15) is 0 Å². The Kier molecular flexibility index (Phi) is 5.66. The second kappa shape index (κ2) is 7.33. The van der Waals surface area contributed by atoms with Crippen molar-refractivity contribution in [2.45, 2.75) is 39.2 Å². The molecule has 122 valence electrons. The topological polar surface area (TPSA) is 24.1 Å². The van der Waals surface area contributed by atoms with Crippen molar-refractivity contribution in [3.63, 3.8) is 0 Å². The highest BCUT2D eigenvalue weighted by atomic mass is 35.5. The van der Waals surface area contributed by atoms with E-state index in [4.69, 9.17) is 23.8 Å². The fraction of sp³-hybridized carbons (Fsp3) is 0.316. The number of rotatable bonds is 3. The molecule has 0 aliphatic heterocycles. The van der Waals surface area contributed by atoms with Gasteiger partial charge in [0.15, 0.2) is 5.11 Å². The number of nitrogens with one attached hydrogen (secondary N) is 2. The molecule has 2 N–H and O–H groups in total. The molecule has 2 rings (SSSR count). The summed E-state index contributed by atoms with van der Waals surface area (Å²) >= 11 is 11.5. The van der Waals surface area contributed by atoms with Crippen molar-refractivity contribution in [1.29, 1.82) is 0 Å². The van der Waals surface area contributed by atoms with Crippen molar-refractivity contribution in [3.05, 3.63) is 64.7 Å². The van der Waals surface area contributed by atoms with E-state index in [1.54, 1.807) is 0 Å². The van der Waals surface area contributed by atoms with Gasteiger partial charge in [-0.1, -0.05) is 68.8 Å². The van der Waals surface area contributed by atoms with E-state index in [1.807, 2.05) is 24.3 Å². The summed E-state index contributed by atoms with van der Waals surface area (Å²) in [6.45, 7) is 8.73. The molecule has 4 heteroatoms. The molecule has 0 amide bonds. The molecule has 0 spiro atoms. The van der Waals surface area contributed by atoms with Crippen LogP contribution in [0.4, 0.5) is 5.69 Å². The summed E-state index contributed by atoms with van der Waals surface area (Å²) in [5.74, 6) is 0. The van der Waals surface area contributed by atoms with E-state index in [1.165, 1.54) is 11.1 Å². The third kappa shape index (κ3) is 4.95. The quantitative estimate of drug-likeness (QED) is 0.698. The lowest BCUT2D eigenvalue weighted by molar-refractivity contribution is 0.589. The minimum Gasteiger partial charge on any atom is -0.356 e. The van der Waals surface area contributed by atoms with Crippen LogP contribution < -0.4 is 10.6 Å². The first-order valence-corrected chi connectivity index (χ1v) is 8.48. The van der Waals surface area contributed by atoms with Crippen molar-refractivity contribution < 1.29 is 0 Å². The SMILES string of the molecule is C[C@@H](NC(=S)Nc1ccccc1Cl)c1ccc(C(C)(C)C)cc1. The second-order valence-electron chi connectivity index (χ2n) is 6.67. The van der Waals surface area contributed by atoms with Gasteiger partial charge in [0, 0.05) is 0 Å². The normalized spacial score (nSPS) is 12.6. The monoisotopic (exact) mass is 346 g/mol. The fourth-order valence-corrected chi connectivity index (χ4v) is 2.74. The van der Waals surface area contributed by atoms with Crippen LogP contribution in [0.2, 0.25) is 5.02 Å². The third-order valence-electron chi connectivity index (χ3n) is 3.75. The van der Waals surface area contributed by atoms with Crippen LogP contribution in [0.5, 0.6) is 0 Å². The summed E-state index contributed by atoms with van der Waals surface area (Å²) < 4.78 is 0. The lowest BCUT2D eigenvalue weighted by Gasteiger charge is -2.21. The predicted octanol–water partition coefficient (Wildman–Crippen LogP) is 5.69. The lowest BCUT2D eigenvalue weighted by Crippen LogP contribution is -2.31. The van der Waals surface area contributed by atoms with Crippen LogP contribution >= 0.6 is 23.8 Å². The largest absolute Gasteiger partial charge is 0.356 e. The summed E-state index contributed by atoms with van der Waals surface area (Å²) in [6.07, 6.45) is 0. The highest BCUT2D eigenvalue weighted by molar-refractivity contribution is 7.80. The Hall–Kier alpha value is -1.58. The average molecular weight is 347 g/mol. The van der Waals surface area contributed by atoms with Gasteiger partial charge < -0.3 is 10.6 Å². The molecule has 0 aromatic heterocycles. The Morgan fingerprint density at radius 2 is 1.65 bits per heavy atom. The van der Waals surface area contributed by atoms with Gasteiger partial charge in [0.25, 0.3) is 0 Å². The zero-order valence-electron chi connectivity index (χ0n) is 14.0. The van der Waals surface area contributed by atoms with E-state index in [0.29, 0.717) is 10.1 Å². The molecule has 0 aliphatic carbocycles. The summed E-state index contributed by atoms with van der Waals surface area (Å²) in [4.78, 5) is 0. The number of thiocarbonyl (C=S) groups is 1. The standard InChI is InChI=1S/C19H23ClN2S/c1-13(14-9-11-15(12-10-14)19(2,3)4)21-18(23)22-17-8-6-5-7-16(17)20/h5-13H,1-4H3,(H2,21,22,23)/t13-/m1/s1. The van der Waals surface area contributed by atoms with E-state index < -0.39 is 0 Å². The molecule has 2 aromatic carbocycles. The molecule has 0 aliphatic rings. The molecule has 0 radical (unpaired) electrons. The summed E-state index contributed by atoms with van der Waals surface area (Å²) in [6, 6.07) is 16.3. The lowest BCUT2D eigenvalue weighted by atomic mass is 9.86. The van der Waals surface area contributed by atoms with Crippen molar-refractivity contribution in [3.8, 4) is 0 Å². The summed E-state index contributed by atoms with van der Waals surface area (Å²) in [5.41, 5.74) is 3.49. The molecular formula is C19H23ClN2S. The molecule has 0 fully saturated rings. The molecule has 0 saturated carbocycles. The zero-order valence-corrected chi connectivity index (χ0v) is 15.6. The van der Waals surface area contributed by atoms with Crippen LogP contribution in [0.15, 0.2) is 48.5 Å². The van der Waals surface area contributed by atoms with Crippen molar-refractivity contribution in [1.82, 2.24) is 5.32 Å². The van der Waals surface area contributed by atoms with Gasteiger partial charge in [-0.05, 0) is 47.8 Å². The number of benzene rings is 2. The molecule has 1 atom stereocenters. The highest BCUT2D eigenvalue weighted by Crippen LogP contribution is 2.24. The van der Waals surface area contributed by atoms with Crippen molar-refractivity contribution >= 4 is 34.6 Å². The van der Waals surface area contributed by atoms with E-state index in [2.05, 4.69) is 62.6 Å². The maximum atomic E-state index is 6.13. The van der Waals surface area contributed by atoms with Crippen LogP contribution in [0.25, 0.3) is 0 Å². The van der Waals surface area contributed by atoms with Crippen LogP contribution in [-0.2, 0) is 5.41 Å². The van der Waals surface area contributed by atoms with E-state index >= 15 is 0 Å². The van der Waals surface area contributed by atoms with Crippen LogP contribution in [0, 0.1) is 0 Å². The number of halogens is 1. The van der Waals surface area contributed by atoms with Gasteiger partial charge in [0.05, 0.1) is 16.8 Å². The Balaban J connectivity index is 2.00. The highest BCUT2D eigenvalue weighted by Gasteiger charge is 2.14. The molecule has 0 heterocycles. The first-order chi connectivity index (χ1) is 10.8. The first kappa shape index (κ1) is 17.8. The van der Waals surface area contributed by atoms with Gasteiger partial charge in [0.1, 0.15) is 0 Å². The predicted molar refractivity (Wildman–Crippen MR) is 104 cm³/mol. The Morgan fingerprint density at radius 1 is 1.04 bits per heavy atom. The number of anilines is 1. The van der Waals surface area contributed by atoms with Crippen LogP contribution in [0.3, 0.4) is 0 Å². The van der Waals surface area contributed by atoms with E-state index in [-0.39, 0.29) is 11.5 Å². The number of hydrogen-bond donors (Lipinski definition) is 2. The summed E-state index contributed by atoms with van der Waals surface area (Å²) in [7, 11) is 0. The number of hydrogen-bond acceptors (Lipinski definition) is 1. The Morgan fingerprint density at radius 3 is 2.22 bits per heavy atom. The Bertz CT molecular complexity index is 675. The van der Waals surface area contributed by atoms with Gasteiger partial charge in [0.2, 0.25) is 0 Å². The fourth-order valence-electron chi connectivity index (χ4n) is 2.27. The molecule has 23 heavy (non-hydrogen) atoms. The summed E-state index contributed by atoms with van der Waals surface area (Å²) in [5, 5.41) is 7.64. The molecular weight excluding hydrogens is 324 g/mol. The second-order valence-corrected chi connectivity index (χ2v) is 7.49. The van der Waals surface area contributed by atoms with Crippen LogP contribution in [-0.4, -0.2) is 5.11 Å². The van der Waals surface area contributed by atoms with Crippen molar-refractivity contribution in [2.24, 2.45) is 0 Å². The van der Waals surface area contributed by atoms with Crippen molar-refractivity contribution in [2.75, 3.05) is 5.32 Å². The number of para-hydroxylation sites is 1. The minimum atomic E-state index is 0.117. The molecule has 2 aromatic rings. The van der Waals surface area contributed by atoms with Gasteiger partial charge in [-0.15, -0.1) is 0 Å². The molecule has 0 saturated heterocycles. The third-order valence-corrected chi connectivity index (χ3v) is 4.30. The van der Waals surface area contributed by atoms with E-state index in [9.17, 15) is 0 Å². The average Bonchev–Trinajstić information content (AvgIpc) is 2.49. The molecule has 0 bridgehead atoms.